The molecule has 9 heteroatoms. The summed E-state index contributed by atoms with van der Waals surface area (Å²) in [6.07, 6.45) is 2.78. The molecule has 1 unspecified atom stereocenters. The fourth-order valence-electron chi connectivity index (χ4n) is 3.99. The Hall–Kier alpha value is -3.20. The molecule has 0 spiro atoms. The smallest absolute Gasteiger partial charge is 0.283 e. The zero-order valence-corrected chi connectivity index (χ0v) is 18.7. The van der Waals surface area contributed by atoms with Gasteiger partial charge in [-0.25, -0.2) is 0 Å². The maximum Gasteiger partial charge on any atom is 0.283 e. The van der Waals surface area contributed by atoms with Gasteiger partial charge in [0.1, 0.15) is 5.84 Å². The Morgan fingerprint density at radius 2 is 1.94 bits per heavy atom. The normalized spacial score (nSPS) is 19.5. The summed E-state index contributed by atoms with van der Waals surface area (Å²) in [6, 6.07) is 13.6. The number of likely N-dealkylation sites (tertiary alicyclic amines) is 1. The van der Waals surface area contributed by atoms with Gasteiger partial charge in [-0.15, -0.1) is 4.40 Å². The number of anilines is 2. The van der Waals surface area contributed by atoms with Gasteiger partial charge in [0.05, 0.1) is 4.90 Å². The van der Waals surface area contributed by atoms with E-state index in [2.05, 4.69) is 15.0 Å². The summed E-state index contributed by atoms with van der Waals surface area (Å²) in [6.45, 7) is 0.800. The molecule has 0 radical (unpaired) electrons. The highest BCUT2D eigenvalue weighted by Gasteiger charge is 2.26. The van der Waals surface area contributed by atoms with Crippen LogP contribution in [0.1, 0.15) is 31.2 Å². The van der Waals surface area contributed by atoms with Gasteiger partial charge < -0.3 is 15.5 Å². The maximum atomic E-state index is 12.5. The van der Waals surface area contributed by atoms with Crippen molar-refractivity contribution in [1.29, 1.82) is 0 Å². The lowest BCUT2D eigenvalue weighted by atomic mass is 9.89. The summed E-state index contributed by atoms with van der Waals surface area (Å²) >= 11 is 0. The molecule has 32 heavy (non-hydrogen) atoms. The Morgan fingerprint density at radius 3 is 2.66 bits per heavy atom. The molecule has 2 heterocycles. The number of carbonyl (C=O) groups is 2. The monoisotopic (exact) mass is 454 g/mol. The third-order valence-electron chi connectivity index (χ3n) is 5.83. The van der Waals surface area contributed by atoms with Gasteiger partial charge in [0, 0.05) is 43.7 Å². The predicted octanol–water partition coefficient (Wildman–Crippen LogP) is 3.03. The van der Waals surface area contributed by atoms with Crippen LogP contribution in [0.15, 0.2) is 57.8 Å². The van der Waals surface area contributed by atoms with Crippen molar-refractivity contribution in [1.82, 2.24) is 4.90 Å². The first-order valence-electron chi connectivity index (χ1n) is 10.7. The molecule has 2 aliphatic heterocycles. The highest BCUT2D eigenvalue weighted by Crippen LogP contribution is 2.27. The van der Waals surface area contributed by atoms with Crippen molar-refractivity contribution in [2.45, 2.75) is 37.0 Å². The number of carbonyl (C=O) groups excluding carboxylic acids is 2. The van der Waals surface area contributed by atoms with Crippen LogP contribution < -0.4 is 10.6 Å². The minimum atomic E-state index is -3.79. The first-order chi connectivity index (χ1) is 15.3. The molecule has 8 nitrogen and oxygen atoms in total. The first-order valence-corrected chi connectivity index (χ1v) is 12.1. The van der Waals surface area contributed by atoms with Crippen LogP contribution in [0.4, 0.5) is 11.4 Å². The molecular weight excluding hydrogens is 428 g/mol. The average molecular weight is 455 g/mol. The fraction of sp³-hybridized carbons (Fsp3) is 0.348. The molecule has 2 aromatic carbocycles. The number of hydrogen-bond donors (Lipinski definition) is 2. The van der Waals surface area contributed by atoms with Crippen molar-refractivity contribution in [3.05, 3.63) is 54.1 Å². The highest BCUT2D eigenvalue weighted by molar-refractivity contribution is 7.90. The Morgan fingerprint density at radius 1 is 1.19 bits per heavy atom. The summed E-state index contributed by atoms with van der Waals surface area (Å²) < 4.78 is 29.0. The van der Waals surface area contributed by atoms with Crippen LogP contribution in [0.25, 0.3) is 0 Å². The number of benzene rings is 2. The van der Waals surface area contributed by atoms with Gasteiger partial charge in [0.2, 0.25) is 11.8 Å². The van der Waals surface area contributed by atoms with Crippen LogP contribution in [0, 0.1) is 5.92 Å². The number of amides is 2. The average Bonchev–Trinajstić information content (AvgIpc) is 3.16. The van der Waals surface area contributed by atoms with Crippen molar-refractivity contribution in [3.8, 4) is 0 Å². The second kappa shape index (κ2) is 9.12. The topological polar surface area (TPSA) is 108 Å². The van der Waals surface area contributed by atoms with E-state index in [0.717, 1.165) is 24.2 Å². The number of rotatable bonds is 6. The zero-order valence-electron chi connectivity index (χ0n) is 17.9. The van der Waals surface area contributed by atoms with Gasteiger partial charge in [-0.2, -0.15) is 8.42 Å². The summed E-state index contributed by atoms with van der Waals surface area (Å²) in [5.41, 5.74) is 2.40. The largest absolute Gasteiger partial charge is 0.362 e. The minimum Gasteiger partial charge on any atom is -0.362 e. The predicted molar refractivity (Wildman–Crippen MR) is 123 cm³/mol. The van der Waals surface area contributed by atoms with Gasteiger partial charge in [-0.3, -0.25) is 9.59 Å². The minimum absolute atomic E-state index is 0.0689. The second-order valence-electron chi connectivity index (χ2n) is 8.17. The van der Waals surface area contributed by atoms with Crippen LogP contribution in [-0.2, 0) is 26.0 Å². The second-order valence-corrected chi connectivity index (χ2v) is 9.77. The first kappa shape index (κ1) is 22.0. The van der Waals surface area contributed by atoms with Gasteiger partial charge in [0.15, 0.2) is 0 Å². The van der Waals surface area contributed by atoms with E-state index in [-0.39, 0.29) is 29.0 Å². The van der Waals surface area contributed by atoms with Crippen molar-refractivity contribution in [3.63, 3.8) is 0 Å². The molecule has 0 aromatic heterocycles. The lowest BCUT2D eigenvalue weighted by molar-refractivity contribution is -0.121. The number of sulfonamides is 1. The number of nitrogens with one attached hydrogen (secondary N) is 2. The van der Waals surface area contributed by atoms with Gasteiger partial charge in [0.25, 0.3) is 10.0 Å². The Labute approximate surface area is 187 Å². The van der Waals surface area contributed by atoms with E-state index in [9.17, 15) is 18.0 Å². The molecule has 1 saturated heterocycles. The van der Waals surface area contributed by atoms with Gasteiger partial charge in [-0.05, 0) is 55.2 Å². The maximum absolute atomic E-state index is 12.5. The van der Waals surface area contributed by atoms with Crippen LogP contribution in [0.3, 0.4) is 0 Å². The quantitative estimate of drug-likeness (QED) is 0.698. The third-order valence-corrected chi connectivity index (χ3v) is 7.15. The molecule has 4 rings (SSSR count). The fourth-order valence-corrected chi connectivity index (χ4v) is 5.08. The third kappa shape index (κ3) is 4.99. The van der Waals surface area contributed by atoms with Gasteiger partial charge in [-0.1, -0.05) is 18.2 Å². The molecule has 0 bridgehead atoms. The van der Waals surface area contributed by atoms with Crippen LogP contribution in [0.5, 0.6) is 0 Å². The van der Waals surface area contributed by atoms with Crippen molar-refractivity contribution in [2.75, 3.05) is 24.2 Å². The van der Waals surface area contributed by atoms with E-state index in [1.54, 1.807) is 12.1 Å². The molecule has 2 aromatic rings. The van der Waals surface area contributed by atoms with E-state index in [1.165, 1.54) is 12.1 Å². The standard InChI is InChI=1S/C23H26N4O4S/c1-27-14-4-7-21(27)26-32(30,31)19-11-9-18(10-12-19)24-22(28)13-8-17-15-16-5-2-3-6-20(16)25-23(17)29/h2-3,5-6,9-12,17H,4,7-8,13-15H2,1H3,(H,24,28)(H,25,29)/b26-21+. The lowest BCUT2D eigenvalue weighted by Gasteiger charge is -2.24. The molecule has 2 amide bonds. The van der Waals surface area contributed by atoms with E-state index in [0.29, 0.717) is 30.8 Å². The molecule has 2 N–H and O–H groups in total. The van der Waals surface area contributed by atoms with Crippen LogP contribution in [0.2, 0.25) is 0 Å². The molecule has 1 atom stereocenters. The number of nitrogens with zero attached hydrogens (tertiary/aromatic N) is 2. The molecule has 1 fully saturated rings. The van der Waals surface area contributed by atoms with E-state index < -0.39 is 10.0 Å². The summed E-state index contributed by atoms with van der Waals surface area (Å²) in [7, 11) is -1.96. The molecule has 2 aliphatic rings. The highest BCUT2D eigenvalue weighted by atomic mass is 32.2. The SMILES string of the molecule is CN1CCC/C1=N\S(=O)(=O)c1ccc(NC(=O)CCC2Cc3ccccc3NC2=O)cc1. The Bertz CT molecular complexity index is 1160. The van der Waals surface area contributed by atoms with Crippen molar-refractivity contribution >= 4 is 39.0 Å². The summed E-state index contributed by atoms with van der Waals surface area (Å²) in [5, 5.41) is 5.66. The molecule has 0 aliphatic carbocycles. The number of para-hydroxylation sites is 1. The van der Waals surface area contributed by atoms with Crippen molar-refractivity contribution in [2.24, 2.45) is 10.3 Å². The zero-order chi connectivity index (χ0) is 22.7. The number of amidine groups is 1. The number of fused-ring (bicyclic) bond motifs is 1. The van der Waals surface area contributed by atoms with E-state index >= 15 is 0 Å². The summed E-state index contributed by atoms with van der Waals surface area (Å²) in [4.78, 5) is 26.6. The molecular formula is C23H26N4O4S. The number of hydrogen-bond acceptors (Lipinski definition) is 4. The van der Waals surface area contributed by atoms with Crippen LogP contribution in [-0.4, -0.2) is 44.6 Å². The Kier molecular flexibility index (Phi) is 6.27. The van der Waals surface area contributed by atoms with E-state index in [1.807, 2.05) is 36.2 Å². The molecule has 0 saturated carbocycles. The van der Waals surface area contributed by atoms with Crippen LogP contribution >= 0.6 is 0 Å². The summed E-state index contributed by atoms with van der Waals surface area (Å²) in [5.74, 6) is 0.0217. The van der Waals surface area contributed by atoms with Gasteiger partial charge >= 0.3 is 0 Å². The molecule has 168 valence electrons. The van der Waals surface area contributed by atoms with Crippen molar-refractivity contribution < 1.29 is 18.0 Å². The Balaban J connectivity index is 1.33. The lowest BCUT2D eigenvalue weighted by Crippen LogP contribution is -2.30. The van der Waals surface area contributed by atoms with E-state index in [4.69, 9.17) is 0 Å².